The van der Waals surface area contributed by atoms with Gasteiger partial charge in [0.1, 0.15) is 5.75 Å². The fourth-order valence-corrected chi connectivity index (χ4v) is 3.25. The third kappa shape index (κ3) is 5.95. The molecule has 0 aliphatic carbocycles. The number of rotatable bonds is 7. The van der Waals surface area contributed by atoms with Crippen LogP contribution in [0.4, 0.5) is 18.9 Å². The number of nitrogens with one attached hydrogen (secondary N) is 1. The number of alkyl halides is 3. The van der Waals surface area contributed by atoms with Gasteiger partial charge in [-0.25, -0.2) is 4.79 Å². The van der Waals surface area contributed by atoms with Crippen LogP contribution >= 0.6 is 0 Å². The Hall–Kier alpha value is -3.81. The first-order chi connectivity index (χ1) is 15.9. The maximum absolute atomic E-state index is 12.7. The predicted octanol–water partition coefficient (Wildman–Crippen LogP) is 6.35. The van der Waals surface area contributed by atoms with E-state index in [1.165, 1.54) is 13.8 Å². The average molecular weight is 471 g/mol. The lowest BCUT2D eigenvalue weighted by Gasteiger charge is -2.22. The van der Waals surface area contributed by atoms with Crippen LogP contribution in [-0.2, 0) is 11.0 Å². The molecule has 8 heteroatoms. The smallest absolute Gasteiger partial charge is 0.416 e. The summed E-state index contributed by atoms with van der Waals surface area (Å²) in [6.45, 7) is 4.92. The van der Waals surface area contributed by atoms with E-state index in [1.54, 1.807) is 30.3 Å². The van der Waals surface area contributed by atoms with Crippen LogP contribution in [0.3, 0.4) is 0 Å². The topological polar surface area (TPSA) is 75.6 Å². The molecule has 0 bridgehead atoms. The zero-order chi connectivity index (χ0) is 25.1. The van der Waals surface area contributed by atoms with E-state index in [9.17, 15) is 27.9 Å². The summed E-state index contributed by atoms with van der Waals surface area (Å²) in [5.41, 5.74) is 0.315. The standard InChI is InChI=1S/C26H24F3NO4/c1-16(17-9-13-22(14-10-17)34-25(2,3)24(32)33)19-5-4-6-21(15-19)30-23(31)18-7-11-20(12-8-18)26(27,28)29/h4-16H,1-3H3,(H,30,31)(H,32,33). The van der Waals surface area contributed by atoms with Crippen LogP contribution in [0.1, 0.15) is 53.7 Å². The van der Waals surface area contributed by atoms with Crippen LogP contribution in [0.2, 0.25) is 0 Å². The van der Waals surface area contributed by atoms with E-state index in [-0.39, 0.29) is 11.5 Å². The summed E-state index contributed by atoms with van der Waals surface area (Å²) in [5.74, 6) is -1.20. The molecule has 1 atom stereocenters. The quantitative estimate of drug-likeness (QED) is 0.421. The second-order valence-electron chi connectivity index (χ2n) is 8.36. The molecule has 3 aromatic rings. The zero-order valence-electron chi connectivity index (χ0n) is 18.8. The number of halogens is 3. The summed E-state index contributed by atoms with van der Waals surface area (Å²) in [6.07, 6.45) is -4.46. The molecule has 0 fully saturated rings. The van der Waals surface area contributed by atoms with Crippen molar-refractivity contribution in [3.05, 3.63) is 95.1 Å². The van der Waals surface area contributed by atoms with E-state index in [1.807, 2.05) is 25.1 Å². The molecule has 0 aliphatic rings. The molecule has 3 aromatic carbocycles. The van der Waals surface area contributed by atoms with Crippen molar-refractivity contribution >= 4 is 17.6 Å². The van der Waals surface area contributed by atoms with Crippen molar-refractivity contribution < 1.29 is 32.6 Å². The Morgan fingerprint density at radius 3 is 2.09 bits per heavy atom. The van der Waals surface area contributed by atoms with Crippen molar-refractivity contribution in [2.45, 2.75) is 38.5 Å². The van der Waals surface area contributed by atoms with Gasteiger partial charge in [-0.3, -0.25) is 4.79 Å². The molecule has 0 aromatic heterocycles. The Bertz CT molecular complexity index is 1170. The number of benzene rings is 3. The van der Waals surface area contributed by atoms with Gasteiger partial charge in [-0.05, 0) is 73.5 Å². The van der Waals surface area contributed by atoms with Crippen molar-refractivity contribution in [1.82, 2.24) is 0 Å². The molecular formula is C26H24F3NO4. The summed E-state index contributed by atoms with van der Waals surface area (Å²) >= 11 is 0. The van der Waals surface area contributed by atoms with Crippen LogP contribution in [-0.4, -0.2) is 22.6 Å². The molecule has 34 heavy (non-hydrogen) atoms. The van der Waals surface area contributed by atoms with E-state index in [0.29, 0.717) is 11.4 Å². The Labute approximate surface area is 195 Å². The molecule has 0 saturated carbocycles. The van der Waals surface area contributed by atoms with Crippen LogP contribution in [0.5, 0.6) is 5.75 Å². The number of anilines is 1. The van der Waals surface area contributed by atoms with Crippen molar-refractivity contribution in [3.63, 3.8) is 0 Å². The lowest BCUT2D eigenvalue weighted by atomic mass is 9.93. The first kappa shape index (κ1) is 24.8. The Morgan fingerprint density at radius 2 is 1.53 bits per heavy atom. The van der Waals surface area contributed by atoms with E-state index in [0.717, 1.165) is 35.4 Å². The van der Waals surface area contributed by atoms with Gasteiger partial charge in [0.15, 0.2) is 5.60 Å². The highest BCUT2D eigenvalue weighted by atomic mass is 19.4. The number of amides is 1. The first-order valence-corrected chi connectivity index (χ1v) is 10.5. The number of hydrogen-bond donors (Lipinski definition) is 2. The van der Waals surface area contributed by atoms with Gasteiger partial charge in [0.2, 0.25) is 0 Å². The molecule has 0 heterocycles. The lowest BCUT2D eigenvalue weighted by molar-refractivity contribution is -0.152. The first-order valence-electron chi connectivity index (χ1n) is 10.5. The van der Waals surface area contributed by atoms with Gasteiger partial charge < -0.3 is 15.2 Å². The third-order valence-corrected chi connectivity index (χ3v) is 5.39. The Morgan fingerprint density at radius 1 is 0.912 bits per heavy atom. The maximum Gasteiger partial charge on any atom is 0.416 e. The van der Waals surface area contributed by atoms with Crippen LogP contribution in [0.25, 0.3) is 0 Å². The van der Waals surface area contributed by atoms with Gasteiger partial charge in [0.05, 0.1) is 5.56 Å². The summed E-state index contributed by atoms with van der Waals surface area (Å²) in [6, 6.07) is 18.3. The number of carbonyl (C=O) groups is 2. The van der Waals surface area contributed by atoms with Gasteiger partial charge in [0.25, 0.3) is 5.91 Å². The van der Waals surface area contributed by atoms with Crippen LogP contribution in [0.15, 0.2) is 72.8 Å². The molecular weight excluding hydrogens is 447 g/mol. The summed E-state index contributed by atoms with van der Waals surface area (Å²) in [7, 11) is 0. The number of aliphatic carboxylic acids is 1. The fourth-order valence-electron chi connectivity index (χ4n) is 3.25. The minimum atomic E-state index is -4.46. The average Bonchev–Trinajstić information content (AvgIpc) is 2.78. The van der Waals surface area contributed by atoms with Crippen molar-refractivity contribution in [2.75, 3.05) is 5.32 Å². The molecule has 1 amide bonds. The van der Waals surface area contributed by atoms with Gasteiger partial charge >= 0.3 is 12.1 Å². The Balaban J connectivity index is 1.71. The molecule has 0 spiro atoms. The molecule has 0 aliphatic heterocycles. The largest absolute Gasteiger partial charge is 0.478 e. The van der Waals surface area contributed by atoms with Crippen molar-refractivity contribution in [3.8, 4) is 5.75 Å². The maximum atomic E-state index is 12.7. The number of ether oxygens (including phenoxy) is 1. The molecule has 5 nitrogen and oxygen atoms in total. The molecule has 3 rings (SSSR count). The van der Waals surface area contributed by atoms with E-state index < -0.39 is 29.2 Å². The normalized spacial score (nSPS) is 12.6. The molecule has 0 radical (unpaired) electrons. The van der Waals surface area contributed by atoms with E-state index in [4.69, 9.17) is 4.74 Å². The minimum Gasteiger partial charge on any atom is -0.478 e. The highest BCUT2D eigenvalue weighted by Gasteiger charge is 2.30. The van der Waals surface area contributed by atoms with Gasteiger partial charge in [-0.1, -0.05) is 31.2 Å². The summed E-state index contributed by atoms with van der Waals surface area (Å²) < 4.78 is 43.7. The SMILES string of the molecule is CC(c1ccc(OC(C)(C)C(=O)O)cc1)c1cccc(NC(=O)c2ccc(C(F)(F)F)cc2)c1. The van der Waals surface area contributed by atoms with Crippen molar-refractivity contribution in [1.29, 1.82) is 0 Å². The van der Waals surface area contributed by atoms with Gasteiger partial charge in [0, 0.05) is 17.2 Å². The summed E-state index contributed by atoms with van der Waals surface area (Å²) in [5, 5.41) is 11.9. The second kappa shape index (κ2) is 9.59. The molecule has 2 N–H and O–H groups in total. The highest BCUT2D eigenvalue weighted by Crippen LogP contribution is 2.30. The van der Waals surface area contributed by atoms with Crippen LogP contribution < -0.4 is 10.1 Å². The van der Waals surface area contributed by atoms with Gasteiger partial charge in [-0.2, -0.15) is 13.2 Å². The van der Waals surface area contributed by atoms with Crippen LogP contribution in [0, 0.1) is 0 Å². The lowest BCUT2D eigenvalue weighted by Crippen LogP contribution is -2.37. The highest BCUT2D eigenvalue weighted by molar-refractivity contribution is 6.04. The molecule has 178 valence electrons. The number of carbonyl (C=O) groups excluding carboxylic acids is 1. The molecule has 1 unspecified atom stereocenters. The predicted molar refractivity (Wildman–Crippen MR) is 122 cm³/mol. The van der Waals surface area contributed by atoms with E-state index in [2.05, 4.69) is 5.32 Å². The number of carboxylic acids is 1. The monoisotopic (exact) mass is 471 g/mol. The fraction of sp³-hybridized carbons (Fsp3) is 0.231. The van der Waals surface area contributed by atoms with Gasteiger partial charge in [-0.15, -0.1) is 0 Å². The van der Waals surface area contributed by atoms with E-state index >= 15 is 0 Å². The number of carboxylic acid groups (broad SMARTS) is 1. The van der Waals surface area contributed by atoms with Crippen molar-refractivity contribution in [2.24, 2.45) is 0 Å². The third-order valence-electron chi connectivity index (χ3n) is 5.39. The Kier molecular flexibility index (Phi) is 7.00. The minimum absolute atomic E-state index is 0.0514. The number of hydrogen-bond acceptors (Lipinski definition) is 3. The molecule has 0 saturated heterocycles. The summed E-state index contributed by atoms with van der Waals surface area (Å²) in [4.78, 5) is 23.7. The second-order valence-corrected chi connectivity index (χ2v) is 8.36. The zero-order valence-corrected chi connectivity index (χ0v) is 18.8.